The predicted molar refractivity (Wildman–Crippen MR) is 122 cm³/mol. The molecule has 0 spiro atoms. The Kier molecular flexibility index (Phi) is 10.1. The van der Waals surface area contributed by atoms with Crippen LogP contribution in [0.15, 0.2) is 10.3 Å². The summed E-state index contributed by atoms with van der Waals surface area (Å²) in [7, 11) is 0. The van der Waals surface area contributed by atoms with Gasteiger partial charge in [0.05, 0.1) is 22.5 Å². The van der Waals surface area contributed by atoms with Crippen LogP contribution in [0.2, 0.25) is 0 Å². The Morgan fingerprint density at radius 1 is 0.966 bits per heavy atom. The van der Waals surface area contributed by atoms with Crippen molar-refractivity contribution in [2.75, 3.05) is 19.6 Å². The van der Waals surface area contributed by atoms with Crippen LogP contribution in [0.1, 0.15) is 87.0 Å². The third-order valence-corrected chi connectivity index (χ3v) is 6.92. The highest BCUT2D eigenvalue weighted by Crippen LogP contribution is 2.20. The number of hydrogen-bond donors (Lipinski definition) is 5. The topological polar surface area (TPSA) is 101 Å². The maximum atomic E-state index is 9.59. The molecule has 1 saturated heterocycles. The second kappa shape index (κ2) is 11.3. The number of rotatable bonds is 6. The van der Waals surface area contributed by atoms with E-state index < -0.39 is 11.1 Å². The normalized spacial score (nSPS) is 26.8. The standard InChI is InChI=1S/C22H45N5O2/c1-8-22(7,9-2)25-15-12-17-10-13-23-20(3,4)18(26-28)16-19(27-29)21(5,6)24-14-11-17/h17,23-25,28-29H,8-16H2,1-7H3/b26-18-,27-19-. The quantitative estimate of drug-likeness (QED) is 0.338. The summed E-state index contributed by atoms with van der Waals surface area (Å²) >= 11 is 0. The zero-order chi connectivity index (χ0) is 22.1. The molecule has 7 heteroatoms. The Morgan fingerprint density at radius 2 is 1.41 bits per heavy atom. The molecule has 1 aliphatic rings. The van der Waals surface area contributed by atoms with E-state index in [2.05, 4.69) is 47.0 Å². The fourth-order valence-electron chi connectivity index (χ4n) is 3.81. The van der Waals surface area contributed by atoms with Crippen molar-refractivity contribution in [2.24, 2.45) is 16.2 Å². The van der Waals surface area contributed by atoms with Crippen LogP contribution in [0.4, 0.5) is 0 Å². The van der Waals surface area contributed by atoms with Crippen molar-refractivity contribution in [3.8, 4) is 0 Å². The van der Waals surface area contributed by atoms with Gasteiger partial charge < -0.3 is 26.4 Å². The molecule has 29 heavy (non-hydrogen) atoms. The van der Waals surface area contributed by atoms with E-state index >= 15 is 0 Å². The van der Waals surface area contributed by atoms with Crippen LogP contribution in [0, 0.1) is 5.92 Å². The molecule has 0 aromatic heterocycles. The highest BCUT2D eigenvalue weighted by atomic mass is 16.4. The van der Waals surface area contributed by atoms with E-state index in [0.29, 0.717) is 23.8 Å². The Balaban J connectivity index is 2.88. The number of nitrogens with one attached hydrogen (secondary N) is 3. The molecule has 0 radical (unpaired) electrons. The van der Waals surface area contributed by atoms with Crippen molar-refractivity contribution in [2.45, 2.75) is 104 Å². The molecule has 0 unspecified atom stereocenters. The maximum absolute atomic E-state index is 9.59. The van der Waals surface area contributed by atoms with Crippen LogP contribution in [-0.4, -0.2) is 58.1 Å². The predicted octanol–water partition coefficient (Wildman–Crippen LogP) is 3.74. The van der Waals surface area contributed by atoms with Crippen molar-refractivity contribution >= 4 is 11.4 Å². The Morgan fingerprint density at radius 3 is 1.79 bits per heavy atom. The summed E-state index contributed by atoms with van der Waals surface area (Å²) in [6.07, 6.45) is 5.84. The van der Waals surface area contributed by atoms with E-state index in [-0.39, 0.29) is 5.54 Å². The van der Waals surface area contributed by atoms with E-state index in [4.69, 9.17) is 0 Å². The first-order valence-electron chi connectivity index (χ1n) is 11.2. The average Bonchev–Trinajstić information content (AvgIpc) is 2.66. The molecule has 170 valence electrons. The highest BCUT2D eigenvalue weighted by molar-refractivity contribution is 6.11. The molecule has 0 aliphatic carbocycles. The summed E-state index contributed by atoms with van der Waals surface area (Å²) in [6.45, 7) is 17.5. The van der Waals surface area contributed by atoms with Gasteiger partial charge in [0.2, 0.25) is 0 Å². The van der Waals surface area contributed by atoms with Crippen molar-refractivity contribution in [3.05, 3.63) is 0 Å². The number of hydrogen-bond acceptors (Lipinski definition) is 7. The smallest absolute Gasteiger partial charge is 0.0823 e. The molecule has 0 aromatic carbocycles. The minimum atomic E-state index is -0.480. The van der Waals surface area contributed by atoms with Crippen molar-refractivity contribution < 1.29 is 10.4 Å². The van der Waals surface area contributed by atoms with Gasteiger partial charge in [-0.1, -0.05) is 24.2 Å². The zero-order valence-electron chi connectivity index (χ0n) is 19.7. The van der Waals surface area contributed by atoms with Crippen molar-refractivity contribution in [1.82, 2.24) is 16.0 Å². The Hall–Kier alpha value is -1.18. The minimum absolute atomic E-state index is 0.213. The number of nitrogens with zero attached hydrogens (tertiary/aromatic N) is 2. The molecule has 1 aliphatic heterocycles. The van der Waals surface area contributed by atoms with Gasteiger partial charge >= 0.3 is 0 Å². The second-order valence-corrected chi connectivity index (χ2v) is 9.80. The van der Waals surface area contributed by atoms with Gasteiger partial charge in [0, 0.05) is 12.0 Å². The summed E-state index contributed by atoms with van der Waals surface area (Å²) in [5.41, 5.74) is 0.392. The first kappa shape index (κ1) is 25.9. The van der Waals surface area contributed by atoms with Gasteiger partial charge in [-0.05, 0) is 92.3 Å². The van der Waals surface area contributed by atoms with Gasteiger partial charge in [-0.15, -0.1) is 0 Å². The first-order valence-corrected chi connectivity index (χ1v) is 11.2. The van der Waals surface area contributed by atoms with Gasteiger partial charge in [-0.3, -0.25) is 0 Å². The summed E-state index contributed by atoms with van der Waals surface area (Å²) < 4.78 is 0. The molecule has 7 nitrogen and oxygen atoms in total. The van der Waals surface area contributed by atoms with Crippen LogP contribution in [0.25, 0.3) is 0 Å². The lowest BCUT2D eigenvalue weighted by molar-refractivity contribution is 0.291. The molecule has 0 saturated carbocycles. The van der Waals surface area contributed by atoms with Crippen LogP contribution in [0.3, 0.4) is 0 Å². The van der Waals surface area contributed by atoms with E-state index in [1.807, 2.05) is 27.7 Å². The van der Waals surface area contributed by atoms with Gasteiger partial charge in [0.1, 0.15) is 0 Å². The van der Waals surface area contributed by atoms with Crippen LogP contribution in [-0.2, 0) is 0 Å². The van der Waals surface area contributed by atoms with Gasteiger partial charge in [-0.2, -0.15) is 0 Å². The second-order valence-electron chi connectivity index (χ2n) is 9.80. The van der Waals surface area contributed by atoms with E-state index in [1.165, 1.54) is 0 Å². The third-order valence-electron chi connectivity index (χ3n) is 6.92. The van der Waals surface area contributed by atoms with Crippen LogP contribution >= 0.6 is 0 Å². The van der Waals surface area contributed by atoms with Crippen LogP contribution < -0.4 is 16.0 Å². The van der Waals surface area contributed by atoms with Gasteiger partial charge in [0.15, 0.2) is 0 Å². The average molecular weight is 412 g/mol. The van der Waals surface area contributed by atoms with Gasteiger partial charge in [0.25, 0.3) is 0 Å². The van der Waals surface area contributed by atoms with Crippen molar-refractivity contribution in [3.63, 3.8) is 0 Å². The number of oxime groups is 2. The molecular weight excluding hydrogens is 366 g/mol. The monoisotopic (exact) mass is 411 g/mol. The van der Waals surface area contributed by atoms with E-state index in [9.17, 15) is 10.4 Å². The molecule has 0 aromatic rings. The summed E-state index contributed by atoms with van der Waals surface area (Å²) in [5, 5.41) is 37.1. The zero-order valence-corrected chi connectivity index (χ0v) is 19.7. The molecule has 1 fully saturated rings. The molecule has 1 heterocycles. The Labute approximate surface area is 177 Å². The third kappa shape index (κ3) is 7.87. The minimum Gasteiger partial charge on any atom is -0.411 e. The molecular formula is C22H45N5O2. The lowest BCUT2D eigenvalue weighted by Gasteiger charge is -2.34. The van der Waals surface area contributed by atoms with E-state index in [1.54, 1.807) is 0 Å². The first-order chi connectivity index (χ1) is 13.5. The lowest BCUT2D eigenvalue weighted by atomic mass is 9.86. The Bertz CT molecular complexity index is 517. The van der Waals surface area contributed by atoms with Crippen LogP contribution in [0.5, 0.6) is 0 Å². The fraction of sp³-hybridized carbons (Fsp3) is 0.909. The molecule has 0 bridgehead atoms. The summed E-state index contributed by atoms with van der Waals surface area (Å²) in [5.74, 6) is 0.579. The lowest BCUT2D eigenvalue weighted by Crippen LogP contribution is -2.53. The molecule has 0 atom stereocenters. The summed E-state index contributed by atoms with van der Waals surface area (Å²) in [4.78, 5) is 0. The summed E-state index contributed by atoms with van der Waals surface area (Å²) in [6, 6.07) is 0. The van der Waals surface area contributed by atoms with Gasteiger partial charge in [-0.25, -0.2) is 0 Å². The fourth-order valence-corrected chi connectivity index (χ4v) is 3.81. The largest absolute Gasteiger partial charge is 0.411 e. The molecule has 5 N–H and O–H groups in total. The molecule has 0 amide bonds. The molecule has 1 rings (SSSR count). The maximum Gasteiger partial charge on any atom is 0.0823 e. The highest BCUT2D eigenvalue weighted by Gasteiger charge is 2.33. The SMILES string of the molecule is CCC(C)(CC)NCCC1CCNC(C)(C)/C(=N\O)C/C(=N/O)C(C)(C)NCC1. The van der Waals surface area contributed by atoms with Crippen molar-refractivity contribution in [1.29, 1.82) is 0 Å². The van der Waals surface area contributed by atoms with E-state index in [0.717, 1.165) is 51.7 Å².